The molecule has 4 N–H and O–H groups in total. The van der Waals surface area contributed by atoms with Gasteiger partial charge in [-0.3, -0.25) is 10.1 Å². The fourth-order valence-electron chi connectivity index (χ4n) is 2.19. The zero-order valence-corrected chi connectivity index (χ0v) is 12.4. The molecule has 2 amide bonds. The Morgan fingerprint density at radius 2 is 2.12 bits per heavy atom. The lowest BCUT2D eigenvalue weighted by Crippen LogP contribution is -2.19. The Morgan fingerprint density at radius 1 is 1.42 bits per heavy atom. The van der Waals surface area contributed by atoms with Crippen molar-refractivity contribution in [3.05, 3.63) is 46.0 Å². The predicted molar refractivity (Wildman–Crippen MR) is 84.7 cm³/mol. The molecule has 0 heterocycles. The molecule has 0 aliphatic rings. The number of amides is 2. The minimum absolute atomic E-state index is 0.0408. The minimum atomic E-state index is -0.947. The minimum Gasteiger partial charge on any atom is -0.507 e. The van der Waals surface area contributed by atoms with Gasteiger partial charge in [-0.2, -0.15) is 5.26 Å². The molecule has 0 atom stereocenters. The number of hydrogen-bond acceptors (Lipinski definition) is 6. The van der Waals surface area contributed by atoms with Crippen LogP contribution in [0, 0.1) is 21.4 Å². The molecule has 24 heavy (non-hydrogen) atoms. The molecule has 2 rings (SSSR count). The number of nitrogens with zero attached hydrogens (tertiary/aromatic N) is 2. The average molecular weight is 328 g/mol. The molecule has 122 valence electrons. The number of non-ortho nitro benzene ring substituents is 1. The number of nitriles is 1. The van der Waals surface area contributed by atoms with Gasteiger partial charge in [-0.25, -0.2) is 4.79 Å². The molecule has 0 unspecified atom stereocenters. The third-order valence-corrected chi connectivity index (χ3v) is 3.18. The van der Waals surface area contributed by atoms with E-state index in [9.17, 15) is 20.0 Å². The first-order valence-corrected chi connectivity index (χ1v) is 6.53. The average Bonchev–Trinajstić information content (AvgIpc) is 2.53. The summed E-state index contributed by atoms with van der Waals surface area (Å²) in [6.07, 6.45) is 0. The van der Waals surface area contributed by atoms with Crippen molar-refractivity contribution in [3.63, 3.8) is 0 Å². The molecule has 2 aromatic rings. The molecule has 0 saturated carbocycles. The number of ether oxygens (including phenoxy) is 1. The number of nitrogens with two attached hydrogens (primary N) is 1. The second-order valence-electron chi connectivity index (χ2n) is 4.66. The smallest absolute Gasteiger partial charge is 0.316 e. The Kier molecular flexibility index (Phi) is 4.51. The summed E-state index contributed by atoms with van der Waals surface area (Å²) in [5.41, 5.74) is 5.38. The van der Waals surface area contributed by atoms with Crippen molar-refractivity contribution in [1.82, 2.24) is 0 Å². The summed E-state index contributed by atoms with van der Waals surface area (Å²) in [5, 5.41) is 32.3. The molecular formula is C15H12N4O5. The Hall–Kier alpha value is -3.80. The standard InChI is InChI=1S/C15H12N4O5/c1-24-13-4-8(2-3-9(13)7-16)14-11(18-15(17)21)5-10(19(22)23)6-12(14)20/h2-6,20H,1H3,(H3,17,18,21). The number of phenols is 1. The second-order valence-corrected chi connectivity index (χ2v) is 4.66. The van der Waals surface area contributed by atoms with Crippen LogP contribution < -0.4 is 15.8 Å². The number of hydrogen-bond donors (Lipinski definition) is 3. The summed E-state index contributed by atoms with van der Waals surface area (Å²) in [7, 11) is 1.37. The van der Waals surface area contributed by atoms with Gasteiger partial charge in [0.05, 0.1) is 29.4 Å². The number of methoxy groups -OCH3 is 1. The lowest BCUT2D eigenvalue weighted by molar-refractivity contribution is -0.384. The Labute approximate surface area is 136 Å². The molecule has 0 saturated heterocycles. The lowest BCUT2D eigenvalue weighted by Gasteiger charge is -2.13. The Bertz CT molecular complexity index is 873. The van der Waals surface area contributed by atoms with E-state index in [2.05, 4.69) is 5.32 Å². The summed E-state index contributed by atoms with van der Waals surface area (Å²) in [6, 6.07) is 7.45. The second kappa shape index (κ2) is 6.53. The van der Waals surface area contributed by atoms with Crippen molar-refractivity contribution in [2.75, 3.05) is 12.4 Å². The van der Waals surface area contributed by atoms with Crippen molar-refractivity contribution in [2.24, 2.45) is 5.73 Å². The van der Waals surface area contributed by atoms with Crippen LogP contribution in [-0.4, -0.2) is 23.2 Å². The van der Waals surface area contributed by atoms with Crippen molar-refractivity contribution < 1.29 is 19.6 Å². The highest BCUT2D eigenvalue weighted by Gasteiger charge is 2.19. The number of carbonyl (C=O) groups is 1. The molecule has 9 heteroatoms. The van der Waals surface area contributed by atoms with Crippen LogP contribution in [0.15, 0.2) is 30.3 Å². The van der Waals surface area contributed by atoms with Crippen LogP contribution in [0.4, 0.5) is 16.2 Å². The first-order chi connectivity index (χ1) is 11.4. The normalized spacial score (nSPS) is 9.83. The van der Waals surface area contributed by atoms with E-state index in [4.69, 9.17) is 15.7 Å². The number of phenolic OH excluding ortho intramolecular Hbond substituents is 1. The van der Waals surface area contributed by atoms with E-state index in [0.717, 1.165) is 12.1 Å². The van der Waals surface area contributed by atoms with Crippen LogP contribution in [0.1, 0.15) is 5.56 Å². The van der Waals surface area contributed by atoms with Crippen LogP contribution >= 0.6 is 0 Å². The maximum Gasteiger partial charge on any atom is 0.316 e. The van der Waals surface area contributed by atoms with Gasteiger partial charge in [-0.15, -0.1) is 0 Å². The van der Waals surface area contributed by atoms with Crippen molar-refractivity contribution in [3.8, 4) is 28.7 Å². The Balaban J connectivity index is 2.71. The molecule has 2 aromatic carbocycles. The molecule has 9 nitrogen and oxygen atoms in total. The fourth-order valence-corrected chi connectivity index (χ4v) is 2.19. The van der Waals surface area contributed by atoms with Crippen molar-refractivity contribution in [2.45, 2.75) is 0 Å². The molecule has 0 aromatic heterocycles. The lowest BCUT2D eigenvalue weighted by atomic mass is 9.99. The van der Waals surface area contributed by atoms with Gasteiger partial charge in [-0.1, -0.05) is 6.07 Å². The van der Waals surface area contributed by atoms with Crippen molar-refractivity contribution in [1.29, 1.82) is 5.26 Å². The highest BCUT2D eigenvalue weighted by molar-refractivity contribution is 5.96. The first-order valence-electron chi connectivity index (χ1n) is 6.53. The summed E-state index contributed by atoms with van der Waals surface area (Å²) in [4.78, 5) is 21.4. The molecular weight excluding hydrogens is 316 g/mol. The molecule has 0 aliphatic heterocycles. The van der Waals surface area contributed by atoms with Crippen LogP contribution in [-0.2, 0) is 0 Å². The number of carbonyl (C=O) groups excluding carboxylic acids is 1. The largest absolute Gasteiger partial charge is 0.507 e. The van der Waals surface area contributed by atoms with E-state index in [-0.39, 0.29) is 22.6 Å². The topological polar surface area (TPSA) is 152 Å². The van der Waals surface area contributed by atoms with Gasteiger partial charge in [0.15, 0.2) is 0 Å². The molecule has 0 fully saturated rings. The predicted octanol–water partition coefficient (Wildman–Crippen LogP) is 2.34. The molecule has 0 radical (unpaired) electrons. The van der Waals surface area contributed by atoms with Gasteiger partial charge in [-0.05, 0) is 17.7 Å². The molecule has 0 bridgehead atoms. The third kappa shape index (κ3) is 3.17. The Morgan fingerprint density at radius 3 is 2.67 bits per heavy atom. The number of anilines is 1. The van der Waals surface area contributed by atoms with Crippen LogP contribution in [0.3, 0.4) is 0 Å². The number of primary amides is 1. The number of aromatic hydroxyl groups is 1. The summed E-state index contributed by atoms with van der Waals surface area (Å²) in [5.74, 6) is -0.183. The number of benzene rings is 2. The van der Waals surface area contributed by atoms with E-state index in [0.29, 0.717) is 5.56 Å². The van der Waals surface area contributed by atoms with Gasteiger partial charge < -0.3 is 20.9 Å². The van der Waals surface area contributed by atoms with E-state index in [1.54, 1.807) is 0 Å². The van der Waals surface area contributed by atoms with Gasteiger partial charge in [0.25, 0.3) is 5.69 Å². The van der Waals surface area contributed by atoms with E-state index in [1.165, 1.54) is 25.3 Å². The number of rotatable bonds is 4. The maximum atomic E-state index is 11.2. The van der Waals surface area contributed by atoms with Gasteiger partial charge in [0, 0.05) is 11.6 Å². The zero-order valence-electron chi connectivity index (χ0n) is 12.4. The number of nitrogens with one attached hydrogen (secondary N) is 1. The number of nitro groups is 1. The molecule has 0 aliphatic carbocycles. The number of urea groups is 1. The molecule has 0 spiro atoms. The van der Waals surface area contributed by atoms with E-state index < -0.39 is 22.4 Å². The summed E-state index contributed by atoms with van der Waals surface area (Å²) in [6.45, 7) is 0. The highest BCUT2D eigenvalue weighted by atomic mass is 16.6. The summed E-state index contributed by atoms with van der Waals surface area (Å²) >= 11 is 0. The fraction of sp³-hybridized carbons (Fsp3) is 0.0667. The van der Waals surface area contributed by atoms with Gasteiger partial charge in [0.1, 0.15) is 17.6 Å². The maximum absolute atomic E-state index is 11.2. The van der Waals surface area contributed by atoms with Gasteiger partial charge in [0.2, 0.25) is 0 Å². The quantitative estimate of drug-likeness (QED) is 0.578. The SMILES string of the molecule is COc1cc(-c2c(O)cc([N+](=O)[O-])cc2NC(N)=O)ccc1C#N. The summed E-state index contributed by atoms with van der Waals surface area (Å²) < 4.78 is 5.10. The number of nitro benzene ring substituents is 1. The van der Waals surface area contributed by atoms with Crippen LogP contribution in [0.25, 0.3) is 11.1 Å². The zero-order chi connectivity index (χ0) is 17.9. The van der Waals surface area contributed by atoms with Gasteiger partial charge >= 0.3 is 6.03 Å². The van der Waals surface area contributed by atoms with Crippen LogP contribution in [0.2, 0.25) is 0 Å². The van der Waals surface area contributed by atoms with E-state index >= 15 is 0 Å². The van der Waals surface area contributed by atoms with E-state index in [1.807, 2.05) is 6.07 Å². The van der Waals surface area contributed by atoms with Crippen molar-refractivity contribution >= 4 is 17.4 Å². The monoisotopic (exact) mass is 328 g/mol. The third-order valence-electron chi connectivity index (χ3n) is 3.18. The first kappa shape index (κ1) is 16.6. The highest BCUT2D eigenvalue weighted by Crippen LogP contribution is 2.41. The van der Waals surface area contributed by atoms with Crippen LogP contribution in [0.5, 0.6) is 11.5 Å².